The van der Waals surface area contributed by atoms with Crippen LogP contribution in [0.3, 0.4) is 0 Å². The van der Waals surface area contributed by atoms with Crippen molar-refractivity contribution in [3.8, 4) is 6.07 Å². The van der Waals surface area contributed by atoms with Gasteiger partial charge in [-0.3, -0.25) is 0 Å². The van der Waals surface area contributed by atoms with Gasteiger partial charge in [0.2, 0.25) is 0 Å². The maximum Gasteiger partial charge on any atom is 0.198 e. The van der Waals surface area contributed by atoms with Crippen molar-refractivity contribution in [2.75, 3.05) is 0 Å². The average molecular weight is 120 g/mol. The van der Waals surface area contributed by atoms with E-state index < -0.39 is 0 Å². The lowest BCUT2D eigenvalue weighted by atomic mass is 10.3. The lowest BCUT2D eigenvalue weighted by Gasteiger charge is -1.91. The minimum absolute atomic E-state index is 0.382. The predicted octanol–water partition coefficient (Wildman–Crippen LogP) is 0.192. The summed E-state index contributed by atoms with van der Waals surface area (Å²) >= 11 is 0. The Bertz CT molecular complexity index is 251. The van der Waals surface area contributed by atoms with Crippen LogP contribution in [-0.4, -0.2) is 0 Å². The second kappa shape index (κ2) is 2.14. The number of nitrogens with zero attached hydrogens (tertiary/aromatic N) is 2. The lowest BCUT2D eigenvalue weighted by Crippen LogP contribution is -2.24. The van der Waals surface area contributed by atoms with Crippen molar-refractivity contribution in [2.24, 2.45) is 0 Å². The summed E-state index contributed by atoms with van der Waals surface area (Å²) in [6, 6.07) is 4.96. The van der Waals surface area contributed by atoms with Crippen molar-refractivity contribution in [2.45, 2.75) is 0 Å². The molecule has 0 unspecified atom stereocenters. The van der Waals surface area contributed by atoms with Gasteiger partial charge in [0, 0.05) is 6.07 Å². The average Bonchev–Trinajstić information content (AvgIpc) is 1.88. The highest BCUT2D eigenvalue weighted by atomic mass is 16.5. The van der Waals surface area contributed by atoms with E-state index in [9.17, 15) is 5.21 Å². The molecule has 0 spiro atoms. The van der Waals surface area contributed by atoms with E-state index in [-0.39, 0.29) is 0 Å². The number of rotatable bonds is 0. The Kier molecular flexibility index (Phi) is 1.32. The van der Waals surface area contributed by atoms with Gasteiger partial charge in [0.05, 0.1) is 0 Å². The molecule has 9 heavy (non-hydrogen) atoms. The molecule has 0 saturated carbocycles. The molecule has 0 saturated heterocycles. The Hall–Kier alpha value is -1.56. The molecule has 0 atom stereocenters. The number of pyridine rings is 1. The number of hydrogen-bond acceptors (Lipinski definition) is 2. The lowest BCUT2D eigenvalue weighted by molar-refractivity contribution is -0.605. The number of hydrogen-bond donors (Lipinski definition) is 0. The molecule has 0 aliphatic heterocycles. The molecule has 1 aromatic heterocycles. The Labute approximate surface area is 52.4 Å². The molecule has 1 heterocycles. The molecule has 0 aromatic carbocycles. The van der Waals surface area contributed by atoms with Crippen LogP contribution in [0.4, 0.5) is 0 Å². The van der Waals surface area contributed by atoms with Gasteiger partial charge in [0.25, 0.3) is 0 Å². The van der Waals surface area contributed by atoms with Gasteiger partial charge in [-0.25, -0.2) is 0 Å². The summed E-state index contributed by atoms with van der Waals surface area (Å²) in [5, 5.41) is 18.7. The molecule has 1 rings (SSSR count). The van der Waals surface area contributed by atoms with Gasteiger partial charge in [-0.1, -0.05) is 0 Å². The summed E-state index contributed by atoms with van der Waals surface area (Å²) < 4.78 is 0.596. The second-order valence-corrected chi connectivity index (χ2v) is 1.56. The van der Waals surface area contributed by atoms with Gasteiger partial charge in [-0.15, -0.1) is 0 Å². The third-order valence-electron chi connectivity index (χ3n) is 0.904. The van der Waals surface area contributed by atoms with E-state index in [0.717, 1.165) is 0 Å². The zero-order valence-electron chi connectivity index (χ0n) is 4.61. The van der Waals surface area contributed by atoms with E-state index in [2.05, 4.69) is 0 Å². The molecule has 1 aromatic rings. The van der Waals surface area contributed by atoms with Crippen LogP contribution in [0.15, 0.2) is 24.5 Å². The molecule has 0 fully saturated rings. The fourth-order valence-electron chi connectivity index (χ4n) is 0.521. The molecule has 3 nitrogen and oxygen atoms in total. The first kappa shape index (κ1) is 5.57. The van der Waals surface area contributed by atoms with Crippen molar-refractivity contribution in [3.05, 3.63) is 35.3 Å². The smallest absolute Gasteiger partial charge is 0.198 e. The van der Waals surface area contributed by atoms with Gasteiger partial charge in [0.15, 0.2) is 12.4 Å². The summed E-state index contributed by atoms with van der Waals surface area (Å²) in [5.74, 6) is 0. The first-order valence-corrected chi connectivity index (χ1v) is 2.42. The first-order chi connectivity index (χ1) is 4.33. The molecule has 0 aliphatic carbocycles. The van der Waals surface area contributed by atoms with E-state index in [0.29, 0.717) is 10.3 Å². The zero-order valence-corrected chi connectivity index (χ0v) is 4.61. The summed E-state index contributed by atoms with van der Waals surface area (Å²) in [7, 11) is 0. The maximum atomic E-state index is 10.4. The quantitative estimate of drug-likeness (QED) is 0.362. The topological polar surface area (TPSA) is 50.7 Å². The fourth-order valence-corrected chi connectivity index (χ4v) is 0.521. The summed E-state index contributed by atoms with van der Waals surface area (Å²) in [4.78, 5) is 0. The van der Waals surface area contributed by atoms with Crippen LogP contribution >= 0.6 is 0 Å². The van der Waals surface area contributed by atoms with Gasteiger partial charge in [0.1, 0.15) is 11.6 Å². The molecule has 0 bridgehead atoms. The van der Waals surface area contributed by atoms with Crippen LogP contribution in [0, 0.1) is 16.5 Å². The van der Waals surface area contributed by atoms with Gasteiger partial charge >= 0.3 is 0 Å². The van der Waals surface area contributed by atoms with Crippen molar-refractivity contribution < 1.29 is 4.73 Å². The standard InChI is InChI=1S/C6H4N2O/c7-4-6-2-1-3-8(9)5-6/h1-3,5H. The molecule has 0 N–H and O–H groups in total. The van der Waals surface area contributed by atoms with Gasteiger partial charge in [-0.05, 0) is 6.07 Å². The molecule has 0 radical (unpaired) electrons. The molecule has 3 heteroatoms. The van der Waals surface area contributed by atoms with Crippen molar-refractivity contribution in [3.63, 3.8) is 0 Å². The van der Waals surface area contributed by atoms with Gasteiger partial charge < -0.3 is 5.21 Å². The van der Waals surface area contributed by atoms with Crippen LogP contribution < -0.4 is 4.73 Å². The molecule has 0 amide bonds. The molecular formula is C6H4N2O. The van der Waals surface area contributed by atoms with E-state index in [1.54, 1.807) is 6.07 Å². The minimum atomic E-state index is 0.382. The predicted molar refractivity (Wildman–Crippen MR) is 30.1 cm³/mol. The third-order valence-corrected chi connectivity index (χ3v) is 0.904. The molecular weight excluding hydrogens is 116 g/mol. The summed E-state index contributed by atoms with van der Waals surface area (Å²) in [5.41, 5.74) is 0.382. The highest BCUT2D eigenvalue weighted by molar-refractivity contribution is 5.21. The van der Waals surface area contributed by atoms with Crippen LogP contribution in [0.5, 0.6) is 0 Å². The first-order valence-electron chi connectivity index (χ1n) is 2.42. The van der Waals surface area contributed by atoms with Crippen LogP contribution in [-0.2, 0) is 0 Å². The largest absolute Gasteiger partial charge is 0.619 e. The number of aromatic nitrogens is 1. The van der Waals surface area contributed by atoms with Crippen molar-refractivity contribution in [1.82, 2.24) is 0 Å². The monoisotopic (exact) mass is 120 g/mol. The summed E-state index contributed by atoms with van der Waals surface area (Å²) in [6.07, 6.45) is 2.56. The van der Waals surface area contributed by atoms with Crippen molar-refractivity contribution >= 4 is 0 Å². The Morgan fingerprint density at radius 2 is 2.44 bits per heavy atom. The highest BCUT2D eigenvalue weighted by Gasteiger charge is 1.90. The highest BCUT2D eigenvalue weighted by Crippen LogP contribution is 1.88. The minimum Gasteiger partial charge on any atom is -0.619 e. The van der Waals surface area contributed by atoms with Crippen LogP contribution in [0.2, 0.25) is 0 Å². The third kappa shape index (κ3) is 1.16. The van der Waals surface area contributed by atoms with E-state index >= 15 is 0 Å². The molecule has 44 valence electrons. The Morgan fingerprint density at radius 3 is 2.89 bits per heavy atom. The van der Waals surface area contributed by atoms with Crippen LogP contribution in [0.25, 0.3) is 0 Å². The van der Waals surface area contributed by atoms with E-state index in [1.807, 2.05) is 6.07 Å². The molecule has 0 aliphatic rings. The Morgan fingerprint density at radius 1 is 1.67 bits per heavy atom. The zero-order chi connectivity index (χ0) is 6.69. The maximum absolute atomic E-state index is 10.4. The van der Waals surface area contributed by atoms with Crippen LogP contribution in [0.1, 0.15) is 5.56 Å². The fraction of sp³-hybridized carbons (Fsp3) is 0. The second-order valence-electron chi connectivity index (χ2n) is 1.56. The SMILES string of the molecule is N#Cc1ccc[n+]([O-])c1. The normalized spacial score (nSPS) is 8.33. The van der Waals surface area contributed by atoms with Gasteiger partial charge in [-0.2, -0.15) is 9.99 Å². The van der Waals surface area contributed by atoms with E-state index in [1.165, 1.54) is 18.5 Å². The van der Waals surface area contributed by atoms with E-state index in [4.69, 9.17) is 5.26 Å². The Balaban J connectivity index is 3.12. The van der Waals surface area contributed by atoms with Crippen molar-refractivity contribution in [1.29, 1.82) is 5.26 Å². The number of nitriles is 1. The summed E-state index contributed by atoms with van der Waals surface area (Å²) in [6.45, 7) is 0.